The molecule has 152 valence electrons. The van der Waals surface area contributed by atoms with E-state index in [2.05, 4.69) is 0 Å². The van der Waals surface area contributed by atoms with Gasteiger partial charge in [-0.15, -0.1) is 0 Å². The number of carbonyl (C=O) groups is 4. The van der Waals surface area contributed by atoms with Gasteiger partial charge >= 0.3 is 0 Å². The van der Waals surface area contributed by atoms with Crippen LogP contribution in [0.15, 0.2) is 24.3 Å². The highest BCUT2D eigenvalue weighted by Gasteiger charge is 2.53. The molecule has 3 aliphatic rings. The second-order valence-corrected chi connectivity index (χ2v) is 9.32. The van der Waals surface area contributed by atoms with Crippen LogP contribution in [0.2, 0.25) is 0 Å². The molecule has 5 rings (SSSR count). The minimum Gasteiger partial charge on any atom is -0.294 e. The summed E-state index contributed by atoms with van der Waals surface area (Å²) in [4.78, 5) is 53.3. The fraction of sp³-hybridized carbons (Fsp3) is 0.385. The second-order valence-electron chi connectivity index (χ2n) is 9.32. The lowest BCUT2D eigenvalue weighted by molar-refractivity contribution is 0.0438. The number of ketones is 4. The Morgan fingerprint density at radius 2 is 0.667 bits per heavy atom. The molecule has 0 spiro atoms. The summed E-state index contributed by atoms with van der Waals surface area (Å²) in [6, 6.07) is 7.23. The van der Waals surface area contributed by atoms with E-state index in [0.717, 1.165) is 22.3 Å². The minimum atomic E-state index is -0.516. The van der Waals surface area contributed by atoms with Crippen molar-refractivity contribution in [2.24, 2.45) is 23.7 Å². The van der Waals surface area contributed by atoms with E-state index in [4.69, 9.17) is 0 Å². The lowest BCUT2D eigenvalue weighted by atomic mass is 9.57. The molecule has 0 amide bonds. The summed E-state index contributed by atoms with van der Waals surface area (Å²) in [6.45, 7) is 7.73. The Hall–Kier alpha value is -2.88. The molecule has 0 bridgehead atoms. The maximum absolute atomic E-state index is 13.3. The zero-order valence-electron chi connectivity index (χ0n) is 17.7. The van der Waals surface area contributed by atoms with Crippen LogP contribution < -0.4 is 0 Å². The Balaban J connectivity index is 1.59. The van der Waals surface area contributed by atoms with Crippen molar-refractivity contribution in [1.29, 1.82) is 0 Å². The van der Waals surface area contributed by atoms with Crippen molar-refractivity contribution in [3.63, 3.8) is 0 Å². The van der Waals surface area contributed by atoms with Crippen LogP contribution in [0.25, 0.3) is 0 Å². The molecule has 0 heterocycles. The van der Waals surface area contributed by atoms with E-state index in [-0.39, 0.29) is 36.0 Å². The largest absolute Gasteiger partial charge is 0.294 e. The summed E-state index contributed by atoms with van der Waals surface area (Å²) in [5.74, 6) is -2.28. The predicted octanol–water partition coefficient (Wildman–Crippen LogP) is 4.64. The van der Waals surface area contributed by atoms with Gasteiger partial charge in [-0.1, -0.05) is 0 Å². The Bertz CT molecular complexity index is 1000. The van der Waals surface area contributed by atoms with Crippen LogP contribution in [-0.2, 0) is 0 Å². The average Bonchev–Trinajstić information content (AvgIpc) is 2.72. The first-order valence-electron chi connectivity index (χ1n) is 10.6. The second kappa shape index (κ2) is 6.31. The third-order valence-electron chi connectivity index (χ3n) is 7.66. The summed E-state index contributed by atoms with van der Waals surface area (Å²) in [6.07, 6.45) is 0.562. The standard InChI is InChI=1S/C26H24O4/c1-11-5-15-16(6-12(11)2)24(28)20-10-22-21(9-19(20)23(15)27)25(29)17-7-13(3)14(4)8-18(17)26(22)30/h5-8,19-22H,9-10H2,1-4H3/t19-,20-,21-,22+/m1/s1. The number of carbonyl (C=O) groups excluding carboxylic acids is 4. The van der Waals surface area contributed by atoms with Gasteiger partial charge in [0, 0.05) is 45.9 Å². The molecule has 4 heteroatoms. The van der Waals surface area contributed by atoms with Crippen LogP contribution in [0.3, 0.4) is 0 Å². The molecule has 0 aliphatic heterocycles. The molecule has 0 saturated heterocycles. The van der Waals surface area contributed by atoms with Gasteiger partial charge in [-0.25, -0.2) is 0 Å². The normalized spacial score (nSPS) is 27.3. The van der Waals surface area contributed by atoms with Gasteiger partial charge in [0.15, 0.2) is 23.1 Å². The van der Waals surface area contributed by atoms with Gasteiger partial charge in [0.05, 0.1) is 0 Å². The molecule has 0 unspecified atom stereocenters. The van der Waals surface area contributed by atoms with E-state index < -0.39 is 23.7 Å². The molecule has 0 radical (unpaired) electrons. The average molecular weight is 400 g/mol. The maximum Gasteiger partial charge on any atom is 0.167 e. The van der Waals surface area contributed by atoms with Crippen LogP contribution in [0.5, 0.6) is 0 Å². The first kappa shape index (κ1) is 19.1. The summed E-state index contributed by atoms with van der Waals surface area (Å²) >= 11 is 0. The molecule has 3 aliphatic carbocycles. The zero-order chi connectivity index (χ0) is 21.5. The molecule has 4 atom stereocenters. The van der Waals surface area contributed by atoms with Crippen molar-refractivity contribution in [3.05, 3.63) is 68.8 Å². The van der Waals surface area contributed by atoms with Crippen molar-refractivity contribution < 1.29 is 19.2 Å². The van der Waals surface area contributed by atoms with E-state index in [1.165, 1.54) is 0 Å². The van der Waals surface area contributed by atoms with Gasteiger partial charge in [-0.05, 0) is 87.1 Å². The van der Waals surface area contributed by atoms with E-state index in [1.807, 2.05) is 52.0 Å². The molecular formula is C26H24O4. The number of rotatable bonds is 0. The van der Waals surface area contributed by atoms with Gasteiger partial charge in [-0.2, -0.15) is 0 Å². The molecular weight excluding hydrogens is 376 g/mol. The maximum atomic E-state index is 13.3. The van der Waals surface area contributed by atoms with Gasteiger partial charge in [-0.3, -0.25) is 19.2 Å². The monoisotopic (exact) mass is 400 g/mol. The number of aryl methyl sites for hydroxylation is 4. The van der Waals surface area contributed by atoms with Crippen LogP contribution in [0, 0.1) is 51.4 Å². The lowest BCUT2D eigenvalue weighted by Crippen LogP contribution is -2.49. The van der Waals surface area contributed by atoms with Crippen molar-refractivity contribution in [2.75, 3.05) is 0 Å². The number of hydrogen-bond acceptors (Lipinski definition) is 4. The van der Waals surface area contributed by atoms with E-state index >= 15 is 0 Å². The third-order valence-corrected chi connectivity index (χ3v) is 7.66. The summed E-state index contributed by atoms with van der Waals surface area (Å²) in [5.41, 5.74) is 5.81. The van der Waals surface area contributed by atoms with Crippen LogP contribution in [0.1, 0.15) is 76.5 Å². The highest BCUT2D eigenvalue weighted by Crippen LogP contribution is 2.49. The molecule has 0 N–H and O–H groups in total. The van der Waals surface area contributed by atoms with Gasteiger partial charge in [0.2, 0.25) is 0 Å². The number of Topliss-reactive ketones (excluding diaryl/α,β-unsaturated/α-hetero) is 4. The van der Waals surface area contributed by atoms with Crippen LogP contribution in [0.4, 0.5) is 0 Å². The first-order valence-corrected chi connectivity index (χ1v) is 10.6. The van der Waals surface area contributed by atoms with E-state index in [0.29, 0.717) is 22.3 Å². The molecule has 30 heavy (non-hydrogen) atoms. The minimum absolute atomic E-state index is 0.0534. The smallest absolute Gasteiger partial charge is 0.167 e. The highest BCUT2D eigenvalue weighted by atomic mass is 16.2. The molecule has 0 aromatic heterocycles. The Morgan fingerprint density at radius 1 is 0.467 bits per heavy atom. The molecule has 2 aromatic rings. The predicted molar refractivity (Wildman–Crippen MR) is 112 cm³/mol. The fourth-order valence-corrected chi connectivity index (χ4v) is 5.61. The first-order chi connectivity index (χ1) is 14.2. The lowest BCUT2D eigenvalue weighted by Gasteiger charge is -2.43. The van der Waals surface area contributed by atoms with E-state index in [9.17, 15) is 19.2 Å². The molecule has 4 nitrogen and oxygen atoms in total. The Labute approximate surface area is 175 Å². The molecule has 1 saturated carbocycles. The number of fused-ring (bicyclic) bond motifs is 4. The van der Waals surface area contributed by atoms with Crippen LogP contribution in [-0.4, -0.2) is 23.1 Å². The molecule has 1 fully saturated rings. The van der Waals surface area contributed by atoms with Crippen molar-refractivity contribution >= 4 is 23.1 Å². The number of hydrogen-bond donors (Lipinski definition) is 0. The van der Waals surface area contributed by atoms with Crippen molar-refractivity contribution in [1.82, 2.24) is 0 Å². The van der Waals surface area contributed by atoms with Crippen molar-refractivity contribution in [2.45, 2.75) is 40.5 Å². The van der Waals surface area contributed by atoms with Gasteiger partial charge < -0.3 is 0 Å². The van der Waals surface area contributed by atoms with E-state index in [1.54, 1.807) is 0 Å². The fourth-order valence-electron chi connectivity index (χ4n) is 5.61. The SMILES string of the molecule is Cc1cc2c(cc1C)C(=O)[C@@H]1C[C@H]3C(=O)c4cc(C)c(C)cc4C(=O)[C@@H]3C[C@@H]1C2=O. The number of benzene rings is 2. The van der Waals surface area contributed by atoms with Crippen molar-refractivity contribution in [3.8, 4) is 0 Å². The summed E-state index contributed by atoms with van der Waals surface area (Å²) in [5, 5.41) is 0. The molecule has 2 aromatic carbocycles. The Morgan fingerprint density at radius 3 is 0.867 bits per heavy atom. The summed E-state index contributed by atoms with van der Waals surface area (Å²) < 4.78 is 0. The summed E-state index contributed by atoms with van der Waals surface area (Å²) in [7, 11) is 0. The topological polar surface area (TPSA) is 68.3 Å². The third kappa shape index (κ3) is 2.46. The van der Waals surface area contributed by atoms with Gasteiger partial charge in [0.1, 0.15) is 0 Å². The zero-order valence-corrected chi connectivity index (χ0v) is 17.7. The Kier molecular flexibility index (Phi) is 4.02. The van der Waals surface area contributed by atoms with Gasteiger partial charge in [0.25, 0.3) is 0 Å². The quantitative estimate of drug-likeness (QED) is 0.646. The van der Waals surface area contributed by atoms with Crippen LogP contribution >= 0.6 is 0 Å². The highest BCUT2D eigenvalue weighted by molar-refractivity contribution is 6.19.